The maximum atomic E-state index is 12.8. The van der Waals surface area contributed by atoms with Gasteiger partial charge in [0, 0.05) is 6.04 Å². The topological polar surface area (TPSA) is 40.5 Å². The fourth-order valence-electron chi connectivity index (χ4n) is 1.85. The van der Waals surface area contributed by atoms with Gasteiger partial charge >= 0.3 is 11.9 Å². The van der Waals surface area contributed by atoms with E-state index in [1.54, 1.807) is 7.05 Å². The zero-order valence-corrected chi connectivity index (χ0v) is 8.17. The lowest BCUT2D eigenvalue weighted by Crippen LogP contribution is -2.44. The van der Waals surface area contributed by atoms with Gasteiger partial charge in [0.15, 0.2) is 0 Å². The van der Waals surface area contributed by atoms with Crippen LogP contribution < -0.4 is 0 Å². The standard InChI is InChI=1S/C9H15F2NO2/c1-12(7-4-2-3-5-7)6-9(10,11)8(13)14/h7H,2-6H2,1H3,(H,13,14). The van der Waals surface area contributed by atoms with Crippen LogP contribution in [-0.4, -0.2) is 41.5 Å². The molecule has 1 aliphatic rings. The molecule has 0 aliphatic heterocycles. The number of alkyl halides is 2. The highest BCUT2D eigenvalue weighted by atomic mass is 19.3. The van der Waals surface area contributed by atoms with E-state index in [0.717, 1.165) is 25.7 Å². The summed E-state index contributed by atoms with van der Waals surface area (Å²) in [6.07, 6.45) is 3.89. The Labute approximate surface area is 81.7 Å². The van der Waals surface area contributed by atoms with Crippen LogP contribution in [0.1, 0.15) is 25.7 Å². The van der Waals surface area contributed by atoms with Crippen molar-refractivity contribution >= 4 is 5.97 Å². The van der Waals surface area contributed by atoms with Crippen LogP contribution in [-0.2, 0) is 4.79 Å². The molecule has 82 valence electrons. The first kappa shape index (κ1) is 11.4. The van der Waals surface area contributed by atoms with E-state index in [1.807, 2.05) is 0 Å². The van der Waals surface area contributed by atoms with Crippen LogP contribution in [0, 0.1) is 0 Å². The number of carbonyl (C=O) groups is 1. The number of halogens is 2. The Morgan fingerprint density at radius 3 is 2.43 bits per heavy atom. The molecule has 0 aromatic carbocycles. The summed E-state index contributed by atoms with van der Waals surface area (Å²) in [6.45, 7) is -0.688. The average Bonchev–Trinajstić information content (AvgIpc) is 2.54. The van der Waals surface area contributed by atoms with Gasteiger partial charge in [-0.25, -0.2) is 4.79 Å². The van der Waals surface area contributed by atoms with Gasteiger partial charge in [-0.1, -0.05) is 12.8 Å². The third-order valence-electron chi connectivity index (χ3n) is 2.71. The predicted molar refractivity (Wildman–Crippen MR) is 47.5 cm³/mol. The van der Waals surface area contributed by atoms with Crippen LogP contribution in [0.2, 0.25) is 0 Å². The third-order valence-corrected chi connectivity index (χ3v) is 2.71. The van der Waals surface area contributed by atoms with Crippen molar-refractivity contribution in [1.82, 2.24) is 4.90 Å². The van der Waals surface area contributed by atoms with Crippen LogP contribution in [0.4, 0.5) is 8.78 Å². The number of hydrogen-bond acceptors (Lipinski definition) is 2. The molecule has 0 aromatic heterocycles. The minimum absolute atomic E-state index is 0.125. The van der Waals surface area contributed by atoms with Gasteiger partial charge in [-0.05, 0) is 19.9 Å². The molecular weight excluding hydrogens is 192 g/mol. The van der Waals surface area contributed by atoms with Gasteiger partial charge in [-0.15, -0.1) is 0 Å². The van der Waals surface area contributed by atoms with Crippen molar-refractivity contribution in [1.29, 1.82) is 0 Å². The Hall–Kier alpha value is -0.710. The van der Waals surface area contributed by atoms with Crippen molar-refractivity contribution in [2.24, 2.45) is 0 Å². The van der Waals surface area contributed by atoms with E-state index in [2.05, 4.69) is 0 Å². The van der Waals surface area contributed by atoms with Gasteiger partial charge in [-0.3, -0.25) is 4.90 Å². The second-order valence-corrected chi connectivity index (χ2v) is 3.86. The van der Waals surface area contributed by atoms with E-state index in [4.69, 9.17) is 5.11 Å². The second-order valence-electron chi connectivity index (χ2n) is 3.86. The molecule has 1 saturated carbocycles. The van der Waals surface area contributed by atoms with E-state index in [0.29, 0.717) is 0 Å². The van der Waals surface area contributed by atoms with Crippen molar-refractivity contribution in [3.8, 4) is 0 Å². The van der Waals surface area contributed by atoms with Crippen LogP contribution in [0.25, 0.3) is 0 Å². The van der Waals surface area contributed by atoms with Gasteiger partial charge in [-0.2, -0.15) is 8.78 Å². The smallest absolute Gasteiger partial charge is 0.375 e. The number of carboxylic acid groups (broad SMARTS) is 1. The van der Waals surface area contributed by atoms with Crippen LogP contribution in [0.3, 0.4) is 0 Å². The lowest BCUT2D eigenvalue weighted by molar-refractivity contribution is -0.167. The largest absolute Gasteiger partial charge is 0.477 e. The minimum atomic E-state index is -3.63. The molecule has 0 aromatic rings. The molecule has 1 fully saturated rings. The van der Waals surface area contributed by atoms with Crippen molar-refractivity contribution in [2.75, 3.05) is 13.6 Å². The zero-order chi connectivity index (χ0) is 10.8. The highest BCUT2D eigenvalue weighted by Crippen LogP contribution is 2.25. The van der Waals surface area contributed by atoms with E-state index in [1.165, 1.54) is 4.90 Å². The average molecular weight is 207 g/mol. The van der Waals surface area contributed by atoms with Gasteiger partial charge < -0.3 is 5.11 Å². The van der Waals surface area contributed by atoms with Crippen LogP contribution in [0.5, 0.6) is 0 Å². The summed E-state index contributed by atoms with van der Waals surface area (Å²) in [5.41, 5.74) is 0. The Kier molecular flexibility index (Phi) is 3.42. The zero-order valence-electron chi connectivity index (χ0n) is 8.17. The Bertz CT molecular complexity index is 215. The number of rotatable bonds is 4. The summed E-state index contributed by atoms with van der Waals surface area (Å²) < 4.78 is 25.6. The van der Waals surface area contributed by atoms with Crippen molar-refractivity contribution in [3.63, 3.8) is 0 Å². The molecule has 0 amide bonds. The Morgan fingerprint density at radius 1 is 1.50 bits per heavy atom. The highest BCUT2D eigenvalue weighted by Gasteiger charge is 2.41. The van der Waals surface area contributed by atoms with E-state index in [-0.39, 0.29) is 6.04 Å². The van der Waals surface area contributed by atoms with Crippen LogP contribution in [0.15, 0.2) is 0 Å². The maximum absolute atomic E-state index is 12.8. The molecule has 5 heteroatoms. The fraction of sp³-hybridized carbons (Fsp3) is 0.889. The van der Waals surface area contributed by atoms with E-state index >= 15 is 0 Å². The molecule has 0 radical (unpaired) electrons. The van der Waals surface area contributed by atoms with Gasteiger partial charge in [0.25, 0.3) is 0 Å². The molecule has 3 nitrogen and oxygen atoms in total. The Balaban J connectivity index is 2.46. The molecule has 0 heterocycles. The summed E-state index contributed by atoms with van der Waals surface area (Å²) >= 11 is 0. The second kappa shape index (κ2) is 4.21. The summed E-state index contributed by atoms with van der Waals surface area (Å²) in [6, 6.07) is 0.125. The van der Waals surface area contributed by atoms with Crippen molar-refractivity contribution in [3.05, 3.63) is 0 Å². The first-order chi connectivity index (χ1) is 6.43. The number of aliphatic carboxylic acids is 1. The van der Waals surface area contributed by atoms with Gasteiger partial charge in [0.2, 0.25) is 0 Å². The first-order valence-corrected chi connectivity index (χ1v) is 4.75. The van der Waals surface area contributed by atoms with E-state index in [9.17, 15) is 13.6 Å². The summed E-state index contributed by atoms with van der Waals surface area (Å²) in [5, 5.41) is 8.26. The molecule has 1 aliphatic carbocycles. The highest BCUT2D eigenvalue weighted by molar-refractivity contribution is 5.75. The molecule has 1 rings (SSSR count). The minimum Gasteiger partial charge on any atom is -0.477 e. The molecule has 0 spiro atoms. The van der Waals surface area contributed by atoms with Gasteiger partial charge in [0.05, 0.1) is 6.54 Å². The monoisotopic (exact) mass is 207 g/mol. The molecule has 0 atom stereocenters. The Morgan fingerprint density at radius 2 is 2.00 bits per heavy atom. The lowest BCUT2D eigenvalue weighted by Gasteiger charge is -2.26. The fourth-order valence-corrected chi connectivity index (χ4v) is 1.85. The molecule has 0 saturated heterocycles. The number of hydrogen-bond donors (Lipinski definition) is 1. The van der Waals surface area contributed by atoms with E-state index < -0.39 is 18.4 Å². The van der Waals surface area contributed by atoms with Crippen LogP contribution >= 0.6 is 0 Å². The molecule has 0 unspecified atom stereocenters. The molecular formula is C9H15F2NO2. The molecule has 14 heavy (non-hydrogen) atoms. The van der Waals surface area contributed by atoms with Gasteiger partial charge in [0.1, 0.15) is 0 Å². The summed E-state index contributed by atoms with van der Waals surface area (Å²) in [7, 11) is 1.56. The molecule has 1 N–H and O–H groups in total. The first-order valence-electron chi connectivity index (χ1n) is 4.75. The predicted octanol–water partition coefficient (Wildman–Crippen LogP) is 1.58. The maximum Gasteiger partial charge on any atom is 0.375 e. The number of nitrogens with zero attached hydrogens (tertiary/aromatic N) is 1. The summed E-state index contributed by atoms with van der Waals surface area (Å²) in [5.74, 6) is -5.67. The van der Waals surface area contributed by atoms with Crippen molar-refractivity contribution in [2.45, 2.75) is 37.6 Å². The lowest BCUT2D eigenvalue weighted by atomic mass is 10.2. The summed E-state index contributed by atoms with van der Waals surface area (Å²) in [4.78, 5) is 11.7. The number of carboxylic acids is 1. The van der Waals surface area contributed by atoms with Crippen molar-refractivity contribution < 1.29 is 18.7 Å². The molecule has 0 bridgehead atoms. The normalized spacial score (nSPS) is 19.1. The SMILES string of the molecule is CN(CC(F)(F)C(=O)O)C1CCCC1. The third kappa shape index (κ3) is 2.64. The quantitative estimate of drug-likeness (QED) is 0.760.